The molecule has 0 saturated heterocycles. The normalized spacial score (nSPS) is 35.9. The first-order valence-corrected chi connectivity index (χ1v) is 8.69. The predicted octanol–water partition coefficient (Wildman–Crippen LogP) is 4.00. The topological polar surface area (TPSA) is 54.6 Å². The summed E-state index contributed by atoms with van der Waals surface area (Å²) >= 11 is 0. The van der Waals surface area contributed by atoms with Crippen LogP contribution < -0.4 is 5.43 Å². The van der Waals surface area contributed by atoms with Gasteiger partial charge in [-0.1, -0.05) is 0 Å². The Kier molecular flexibility index (Phi) is 3.63. The Morgan fingerprint density at radius 2 is 1.91 bits per heavy atom. The molecule has 4 saturated carbocycles. The Morgan fingerprint density at radius 3 is 2.48 bits per heavy atom. The molecule has 1 heterocycles. The first-order valence-electron chi connectivity index (χ1n) is 8.69. The van der Waals surface area contributed by atoms with Crippen molar-refractivity contribution in [1.82, 2.24) is 5.43 Å². The largest absolute Gasteiger partial charge is 0.465 e. The molecule has 1 aromatic rings. The van der Waals surface area contributed by atoms with Crippen LogP contribution in [0.5, 0.6) is 0 Å². The zero-order valence-corrected chi connectivity index (χ0v) is 13.6. The molecule has 4 bridgehead atoms. The monoisotopic (exact) mass is 312 g/mol. The number of rotatable bonds is 4. The molecule has 4 nitrogen and oxygen atoms in total. The molecule has 0 unspecified atom stereocenters. The maximum atomic E-state index is 12.8. The van der Waals surface area contributed by atoms with E-state index in [2.05, 4.69) is 10.5 Å². The second kappa shape index (κ2) is 5.66. The summed E-state index contributed by atoms with van der Waals surface area (Å²) in [4.78, 5) is 12.8. The molecule has 0 atom stereocenters. The van der Waals surface area contributed by atoms with Crippen molar-refractivity contribution in [2.45, 2.75) is 45.4 Å². The summed E-state index contributed by atoms with van der Waals surface area (Å²) in [5.41, 5.74) is 3.48. The SMILES string of the molecule is CC(/C=C/c1ccco1)=N/NC(=O)C12CC3CC(CC(C3)C1)C2. The van der Waals surface area contributed by atoms with Crippen LogP contribution in [0.2, 0.25) is 0 Å². The van der Waals surface area contributed by atoms with Gasteiger partial charge in [-0.15, -0.1) is 0 Å². The van der Waals surface area contributed by atoms with E-state index in [-0.39, 0.29) is 11.3 Å². The van der Waals surface area contributed by atoms with Crippen molar-refractivity contribution in [3.05, 3.63) is 30.2 Å². The van der Waals surface area contributed by atoms with Crippen LogP contribution in [0, 0.1) is 23.2 Å². The molecule has 4 aliphatic rings. The summed E-state index contributed by atoms with van der Waals surface area (Å²) in [6, 6.07) is 3.73. The van der Waals surface area contributed by atoms with Crippen LogP contribution in [0.4, 0.5) is 0 Å². The van der Waals surface area contributed by atoms with Gasteiger partial charge in [-0.2, -0.15) is 5.10 Å². The summed E-state index contributed by atoms with van der Waals surface area (Å²) in [5, 5.41) is 4.27. The van der Waals surface area contributed by atoms with Crippen molar-refractivity contribution >= 4 is 17.7 Å². The lowest BCUT2D eigenvalue weighted by Gasteiger charge is -2.55. The Labute approximate surface area is 137 Å². The van der Waals surface area contributed by atoms with Crippen molar-refractivity contribution in [2.24, 2.45) is 28.3 Å². The van der Waals surface area contributed by atoms with Crippen molar-refractivity contribution in [3.8, 4) is 0 Å². The summed E-state index contributed by atoms with van der Waals surface area (Å²) in [6.07, 6.45) is 12.6. The molecule has 5 rings (SSSR count). The molecular weight excluding hydrogens is 288 g/mol. The van der Waals surface area contributed by atoms with Gasteiger partial charge < -0.3 is 4.42 Å². The first-order chi connectivity index (χ1) is 11.1. The molecule has 4 fully saturated rings. The lowest BCUT2D eigenvalue weighted by Crippen LogP contribution is -2.52. The molecule has 0 aliphatic heterocycles. The van der Waals surface area contributed by atoms with Crippen LogP contribution in [-0.2, 0) is 4.79 Å². The second-order valence-corrected chi connectivity index (χ2v) is 7.74. The molecule has 122 valence electrons. The summed E-state index contributed by atoms with van der Waals surface area (Å²) in [7, 11) is 0. The number of hydrogen-bond acceptors (Lipinski definition) is 3. The fourth-order valence-electron chi connectivity index (χ4n) is 5.27. The third-order valence-electron chi connectivity index (χ3n) is 5.89. The number of carbonyl (C=O) groups is 1. The minimum absolute atomic E-state index is 0.136. The lowest BCUT2D eigenvalue weighted by atomic mass is 9.49. The van der Waals surface area contributed by atoms with Crippen LogP contribution in [0.25, 0.3) is 6.08 Å². The minimum atomic E-state index is -0.136. The van der Waals surface area contributed by atoms with Crippen LogP contribution in [-0.4, -0.2) is 11.6 Å². The van der Waals surface area contributed by atoms with Gasteiger partial charge in [-0.25, -0.2) is 5.43 Å². The van der Waals surface area contributed by atoms with Crippen molar-refractivity contribution < 1.29 is 9.21 Å². The molecular formula is C19H24N2O2. The van der Waals surface area contributed by atoms with Gasteiger partial charge in [-0.3, -0.25) is 4.79 Å². The van der Waals surface area contributed by atoms with E-state index in [0.29, 0.717) is 0 Å². The van der Waals surface area contributed by atoms with E-state index >= 15 is 0 Å². The molecule has 23 heavy (non-hydrogen) atoms. The fourth-order valence-corrected chi connectivity index (χ4v) is 5.27. The Balaban J connectivity index is 1.41. The third-order valence-corrected chi connectivity index (χ3v) is 5.89. The van der Waals surface area contributed by atoms with Crippen molar-refractivity contribution in [2.75, 3.05) is 0 Å². The molecule has 0 radical (unpaired) electrons. The minimum Gasteiger partial charge on any atom is -0.465 e. The third kappa shape index (κ3) is 2.87. The Bertz CT molecular complexity index is 607. The van der Waals surface area contributed by atoms with E-state index in [9.17, 15) is 4.79 Å². The highest BCUT2D eigenvalue weighted by Gasteiger charge is 2.54. The first kappa shape index (κ1) is 14.7. The highest BCUT2D eigenvalue weighted by Crippen LogP contribution is 2.60. The van der Waals surface area contributed by atoms with E-state index in [0.717, 1.165) is 48.5 Å². The zero-order valence-electron chi connectivity index (χ0n) is 13.6. The van der Waals surface area contributed by atoms with E-state index in [1.807, 2.05) is 31.2 Å². The predicted molar refractivity (Wildman–Crippen MR) is 89.6 cm³/mol. The number of furan rings is 1. The van der Waals surface area contributed by atoms with Crippen LogP contribution in [0.3, 0.4) is 0 Å². The van der Waals surface area contributed by atoms with Gasteiger partial charge >= 0.3 is 0 Å². The number of amides is 1. The summed E-state index contributed by atoms with van der Waals surface area (Å²) in [5.74, 6) is 3.25. The van der Waals surface area contributed by atoms with Gasteiger partial charge in [-0.05, 0) is 87.5 Å². The van der Waals surface area contributed by atoms with Crippen LogP contribution in [0.15, 0.2) is 34.0 Å². The average molecular weight is 312 g/mol. The van der Waals surface area contributed by atoms with Gasteiger partial charge in [0.25, 0.3) is 0 Å². The van der Waals surface area contributed by atoms with Crippen LogP contribution in [0.1, 0.15) is 51.2 Å². The lowest BCUT2D eigenvalue weighted by molar-refractivity contribution is -0.146. The number of hydrazone groups is 1. The van der Waals surface area contributed by atoms with Gasteiger partial charge in [0.15, 0.2) is 0 Å². The van der Waals surface area contributed by atoms with E-state index in [1.54, 1.807) is 6.26 Å². The highest BCUT2D eigenvalue weighted by molar-refractivity contribution is 5.97. The Hall–Kier alpha value is -1.84. The Morgan fingerprint density at radius 1 is 1.26 bits per heavy atom. The van der Waals surface area contributed by atoms with E-state index in [1.165, 1.54) is 19.3 Å². The number of hydrogen-bond donors (Lipinski definition) is 1. The van der Waals surface area contributed by atoms with Crippen molar-refractivity contribution in [3.63, 3.8) is 0 Å². The zero-order chi connectivity index (χ0) is 15.9. The van der Waals surface area contributed by atoms with Gasteiger partial charge in [0, 0.05) is 0 Å². The molecule has 4 heteroatoms. The molecule has 0 aromatic carbocycles. The molecule has 1 aromatic heterocycles. The summed E-state index contributed by atoms with van der Waals surface area (Å²) < 4.78 is 5.24. The molecule has 1 N–H and O–H groups in total. The van der Waals surface area contributed by atoms with Crippen molar-refractivity contribution in [1.29, 1.82) is 0 Å². The maximum absolute atomic E-state index is 12.8. The number of nitrogens with zero attached hydrogens (tertiary/aromatic N) is 1. The van der Waals surface area contributed by atoms with E-state index in [4.69, 9.17) is 4.42 Å². The summed E-state index contributed by atoms with van der Waals surface area (Å²) in [6.45, 7) is 1.89. The molecule has 1 amide bonds. The quantitative estimate of drug-likeness (QED) is 0.675. The maximum Gasteiger partial charge on any atom is 0.246 e. The highest BCUT2D eigenvalue weighted by atomic mass is 16.3. The van der Waals surface area contributed by atoms with Gasteiger partial charge in [0.05, 0.1) is 17.4 Å². The van der Waals surface area contributed by atoms with E-state index < -0.39 is 0 Å². The fraction of sp³-hybridized carbons (Fsp3) is 0.579. The second-order valence-electron chi connectivity index (χ2n) is 7.74. The number of nitrogens with one attached hydrogen (secondary N) is 1. The molecule has 0 spiro atoms. The van der Waals surface area contributed by atoms with Gasteiger partial charge in [0.2, 0.25) is 5.91 Å². The van der Waals surface area contributed by atoms with Crippen LogP contribution >= 0.6 is 0 Å². The standard InChI is InChI=1S/C19H24N2O2/c1-13(4-5-17-3-2-6-23-17)20-21-18(22)19-10-14-7-15(11-19)9-16(8-14)12-19/h2-6,14-16H,7-12H2,1H3,(H,21,22)/b5-4+,20-13-. The van der Waals surface area contributed by atoms with Gasteiger partial charge in [0.1, 0.15) is 5.76 Å². The number of allylic oxidation sites excluding steroid dienone is 1. The smallest absolute Gasteiger partial charge is 0.246 e. The number of carbonyl (C=O) groups excluding carboxylic acids is 1. The average Bonchev–Trinajstić information content (AvgIpc) is 3.02. The molecule has 4 aliphatic carbocycles.